The Hall–Kier alpha value is -1.38. The minimum absolute atomic E-state index is 0.357. The molecule has 0 saturated carbocycles. The number of hydrogen-bond acceptors (Lipinski definition) is 3. The molecule has 80 valence electrons. The Morgan fingerprint density at radius 1 is 1.33 bits per heavy atom. The average molecular weight is 205 g/mol. The third-order valence-electron chi connectivity index (χ3n) is 3.27. The lowest BCUT2D eigenvalue weighted by Crippen LogP contribution is -2.22. The second kappa shape index (κ2) is 3.33. The molecule has 2 heterocycles. The molecule has 1 N–H and O–H groups in total. The van der Waals surface area contributed by atoms with Crippen LogP contribution in [0.25, 0.3) is 0 Å². The van der Waals surface area contributed by atoms with Crippen LogP contribution in [0.1, 0.15) is 18.9 Å². The molecule has 1 unspecified atom stereocenters. The highest BCUT2D eigenvalue weighted by atomic mass is 16.7. The van der Waals surface area contributed by atoms with Gasteiger partial charge in [0.15, 0.2) is 11.5 Å². The smallest absolute Gasteiger partial charge is 0.231 e. The summed E-state index contributed by atoms with van der Waals surface area (Å²) in [4.78, 5) is 0. The van der Waals surface area contributed by atoms with Gasteiger partial charge in [-0.25, -0.2) is 0 Å². The molecule has 3 rings (SSSR count). The van der Waals surface area contributed by atoms with E-state index in [9.17, 15) is 0 Å². The molecular formula is C12H15NO2. The van der Waals surface area contributed by atoms with Crippen molar-refractivity contribution >= 4 is 5.69 Å². The summed E-state index contributed by atoms with van der Waals surface area (Å²) in [7, 11) is 0. The summed E-state index contributed by atoms with van der Waals surface area (Å²) in [5, 5.41) is 3.46. The fraction of sp³-hybridized carbons (Fsp3) is 0.500. The zero-order valence-corrected chi connectivity index (χ0v) is 8.88. The standard InChI is InChI=1S/C12H15NO2/c1-2-8-3-9-4-11-12(15-7-14-11)5-10(9)13-6-8/h4-5,8,13H,2-3,6-7H2,1H3. The van der Waals surface area contributed by atoms with E-state index in [0.717, 1.165) is 30.4 Å². The number of benzene rings is 1. The second-order valence-corrected chi connectivity index (χ2v) is 4.22. The lowest BCUT2D eigenvalue weighted by atomic mass is 9.92. The van der Waals surface area contributed by atoms with Crippen molar-refractivity contribution in [2.24, 2.45) is 5.92 Å². The van der Waals surface area contributed by atoms with Crippen molar-refractivity contribution in [3.05, 3.63) is 17.7 Å². The summed E-state index contributed by atoms with van der Waals surface area (Å²) in [6, 6.07) is 4.18. The third-order valence-corrected chi connectivity index (χ3v) is 3.27. The quantitative estimate of drug-likeness (QED) is 0.763. The monoisotopic (exact) mass is 205 g/mol. The predicted molar refractivity (Wildman–Crippen MR) is 58.5 cm³/mol. The van der Waals surface area contributed by atoms with Crippen molar-refractivity contribution in [2.45, 2.75) is 19.8 Å². The molecule has 0 bridgehead atoms. The minimum atomic E-state index is 0.357. The van der Waals surface area contributed by atoms with Gasteiger partial charge in [-0.2, -0.15) is 0 Å². The molecule has 1 aromatic rings. The normalized spacial score (nSPS) is 22.1. The van der Waals surface area contributed by atoms with Crippen molar-refractivity contribution in [1.82, 2.24) is 0 Å². The van der Waals surface area contributed by atoms with Crippen molar-refractivity contribution in [3.63, 3.8) is 0 Å². The van der Waals surface area contributed by atoms with E-state index in [1.807, 2.05) is 0 Å². The van der Waals surface area contributed by atoms with Crippen LogP contribution in [-0.4, -0.2) is 13.3 Å². The van der Waals surface area contributed by atoms with Gasteiger partial charge in [-0.15, -0.1) is 0 Å². The zero-order chi connectivity index (χ0) is 10.3. The molecule has 0 saturated heterocycles. The topological polar surface area (TPSA) is 30.5 Å². The van der Waals surface area contributed by atoms with Crippen LogP contribution < -0.4 is 14.8 Å². The van der Waals surface area contributed by atoms with E-state index < -0.39 is 0 Å². The highest BCUT2D eigenvalue weighted by Gasteiger charge is 2.22. The fourth-order valence-electron chi connectivity index (χ4n) is 2.24. The van der Waals surface area contributed by atoms with E-state index in [1.54, 1.807) is 0 Å². The number of ether oxygens (including phenoxy) is 2. The van der Waals surface area contributed by atoms with Crippen LogP contribution in [0.3, 0.4) is 0 Å². The van der Waals surface area contributed by atoms with Gasteiger partial charge in [0.2, 0.25) is 6.79 Å². The Balaban J connectivity index is 1.97. The minimum Gasteiger partial charge on any atom is -0.454 e. The van der Waals surface area contributed by atoms with E-state index in [4.69, 9.17) is 9.47 Å². The van der Waals surface area contributed by atoms with Crippen molar-refractivity contribution < 1.29 is 9.47 Å². The Morgan fingerprint density at radius 2 is 2.13 bits per heavy atom. The summed E-state index contributed by atoms with van der Waals surface area (Å²) in [6.07, 6.45) is 2.37. The van der Waals surface area contributed by atoms with Gasteiger partial charge in [0.1, 0.15) is 0 Å². The summed E-state index contributed by atoms with van der Waals surface area (Å²) < 4.78 is 10.7. The largest absolute Gasteiger partial charge is 0.454 e. The highest BCUT2D eigenvalue weighted by Crippen LogP contribution is 2.39. The molecule has 1 aromatic carbocycles. The number of fused-ring (bicyclic) bond motifs is 2. The summed E-state index contributed by atoms with van der Waals surface area (Å²) in [5.41, 5.74) is 2.57. The second-order valence-electron chi connectivity index (χ2n) is 4.22. The molecule has 2 aliphatic heterocycles. The third kappa shape index (κ3) is 1.42. The SMILES string of the molecule is CCC1CNc2cc3c(cc2C1)OCO3. The Kier molecular flexibility index (Phi) is 1.97. The van der Waals surface area contributed by atoms with Crippen LogP contribution >= 0.6 is 0 Å². The molecule has 3 nitrogen and oxygen atoms in total. The van der Waals surface area contributed by atoms with E-state index in [2.05, 4.69) is 24.4 Å². The summed E-state index contributed by atoms with van der Waals surface area (Å²) in [5.74, 6) is 2.52. The number of rotatable bonds is 1. The average Bonchev–Trinajstić information content (AvgIpc) is 2.72. The molecule has 0 fully saturated rings. The molecule has 2 aliphatic rings. The van der Waals surface area contributed by atoms with E-state index >= 15 is 0 Å². The van der Waals surface area contributed by atoms with Gasteiger partial charge in [-0.1, -0.05) is 13.3 Å². The summed E-state index contributed by atoms with van der Waals surface area (Å²) in [6.45, 7) is 3.67. The van der Waals surface area contributed by atoms with Gasteiger partial charge in [0, 0.05) is 18.3 Å². The molecule has 0 aromatic heterocycles. The van der Waals surface area contributed by atoms with Gasteiger partial charge in [0.25, 0.3) is 0 Å². The van der Waals surface area contributed by atoms with Crippen molar-refractivity contribution in [3.8, 4) is 11.5 Å². The first-order valence-electron chi connectivity index (χ1n) is 5.53. The maximum absolute atomic E-state index is 5.38. The number of nitrogens with one attached hydrogen (secondary N) is 1. The summed E-state index contributed by atoms with van der Waals surface area (Å²) >= 11 is 0. The predicted octanol–water partition coefficient (Wildman–Crippen LogP) is 2.41. The molecule has 0 aliphatic carbocycles. The lowest BCUT2D eigenvalue weighted by Gasteiger charge is -2.25. The Morgan fingerprint density at radius 3 is 2.93 bits per heavy atom. The lowest BCUT2D eigenvalue weighted by molar-refractivity contribution is 0.174. The van der Waals surface area contributed by atoms with E-state index in [1.165, 1.54) is 17.7 Å². The van der Waals surface area contributed by atoms with Crippen molar-refractivity contribution in [1.29, 1.82) is 0 Å². The maximum atomic E-state index is 5.38. The van der Waals surface area contributed by atoms with Gasteiger partial charge < -0.3 is 14.8 Å². The Bertz CT molecular complexity index is 389. The first-order valence-corrected chi connectivity index (χ1v) is 5.53. The first kappa shape index (κ1) is 8.89. The van der Waals surface area contributed by atoms with Gasteiger partial charge >= 0.3 is 0 Å². The van der Waals surface area contributed by atoms with Gasteiger partial charge in [0.05, 0.1) is 0 Å². The molecule has 0 radical (unpaired) electrons. The Labute approximate surface area is 89.4 Å². The first-order chi connectivity index (χ1) is 7.36. The van der Waals surface area contributed by atoms with Gasteiger partial charge in [-0.05, 0) is 24.0 Å². The number of hydrogen-bond donors (Lipinski definition) is 1. The van der Waals surface area contributed by atoms with Crippen molar-refractivity contribution in [2.75, 3.05) is 18.7 Å². The fourth-order valence-corrected chi connectivity index (χ4v) is 2.24. The van der Waals surface area contributed by atoms with Crippen LogP contribution in [0.15, 0.2) is 12.1 Å². The van der Waals surface area contributed by atoms with Crippen LogP contribution in [0.5, 0.6) is 11.5 Å². The van der Waals surface area contributed by atoms with E-state index in [0.29, 0.717) is 6.79 Å². The highest BCUT2D eigenvalue weighted by molar-refractivity contribution is 5.62. The molecule has 0 spiro atoms. The molecule has 3 heteroatoms. The van der Waals surface area contributed by atoms with Gasteiger partial charge in [-0.3, -0.25) is 0 Å². The molecular weight excluding hydrogens is 190 g/mol. The maximum Gasteiger partial charge on any atom is 0.231 e. The zero-order valence-electron chi connectivity index (χ0n) is 8.88. The van der Waals surface area contributed by atoms with Crippen LogP contribution in [0.2, 0.25) is 0 Å². The number of anilines is 1. The molecule has 1 atom stereocenters. The van der Waals surface area contributed by atoms with E-state index in [-0.39, 0.29) is 0 Å². The van der Waals surface area contributed by atoms with Crippen LogP contribution in [-0.2, 0) is 6.42 Å². The van der Waals surface area contributed by atoms with Crippen LogP contribution in [0, 0.1) is 5.92 Å². The molecule has 15 heavy (non-hydrogen) atoms. The molecule has 0 amide bonds. The van der Waals surface area contributed by atoms with Crippen LogP contribution in [0.4, 0.5) is 5.69 Å².